The van der Waals surface area contributed by atoms with Crippen LogP contribution in [0.25, 0.3) is 0 Å². The minimum Gasteiger partial charge on any atom is -0.497 e. The summed E-state index contributed by atoms with van der Waals surface area (Å²) in [5.74, 6) is -4.77. The number of ether oxygens (including phenoxy) is 2. The number of anilines is 1. The SMILES string of the molecule is COc1cc(F)c(C2CN(c3ccc(=O)n(C)c3)C(=O)[C@H]2NC(=O)c2ccc(OC(F)F)cc2)c(F)c1. The van der Waals surface area contributed by atoms with Gasteiger partial charge in [0.05, 0.1) is 12.8 Å². The molecule has 1 aromatic heterocycles. The van der Waals surface area contributed by atoms with Crippen LogP contribution in [-0.2, 0) is 11.8 Å². The predicted octanol–water partition coefficient (Wildman–Crippen LogP) is 3.20. The van der Waals surface area contributed by atoms with E-state index in [9.17, 15) is 23.2 Å². The summed E-state index contributed by atoms with van der Waals surface area (Å²) < 4.78 is 65.2. The zero-order valence-corrected chi connectivity index (χ0v) is 19.6. The molecule has 1 unspecified atom stereocenters. The molecule has 0 saturated carbocycles. The quantitative estimate of drug-likeness (QED) is 0.485. The van der Waals surface area contributed by atoms with Gasteiger partial charge in [-0.2, -0.15) is 8.78 Å². The predicted molar refractivity (Wildman–Crippen MR) is 124 cm³/mol. The average Bonchev–Trinajstić information content (AvgIpc) is 3.16. The number of aryl methyl sites for hydroxylation is 1. The molecule has 1 N–H and O–H groups in total. The number of benzene rings is 2. The maximum atomic E-state index is 15.0. The van der Waals surface area contributed by atoms with E-state index in [4.69, 9.17) is 4.74 Å². The molecule has 2 heterocycles. The number of hydrogen-bond donors (Lipinski definition) is 1. The maximum absolute atomic E-state index is 15.0. The Labute approximate surface area is 208 Å². The second kappa shape index (κ2) is 10.3. The fourth-order valence-electron chi connectivity index (χ4n) is 4.17. The molecule has 194 valence electrons. The van der Waals surface area contributed by atoms with Crippen molar-refractivity contribution < 1.29 is 36.6 Å². The molecule has 2 amide bonds. The first-order chi connectivity index (χ1) is 17.6. The highest BCUT2D eigenvalue weighted by molar-refractivity contribution is 6.05. The Morgan fingerprint density at radius 2 is 1.68 bits per heavy atom. The van der Waals surface area contributed by atoms with E-state index in [1.165, 1.54) is 54.1 Å². The van der Waals surface area contributed by atoms with Crippen molar-refractivity contribution in [2.75, 3.05) is 18.6 Å². The number of hydrogen-bond acceptors (Lipinski definition) is 5. The van der Waals surface area contributed by atoms with Crippen LogP contribution in [0.5, 0.6) is 11.5 Å². The number of nitrogens with zero attached hydrogens (tertiary/aromatic N) is 2. The lowest BCUT2D eigenvalue weighted by Crippen LogP contribution is -2.44. The molecule has 12 heteroatoms. The topological polar surface area (TPSA) is 89.9 Å². The third kappa shape index (κ3) is 5.27. The number of carbonyl (C=O) groups is 2. The minimum atomic E-state index is -3.05. The molecule has 0 radical (unpaired) electrons. The number of aromatic nitrogens is 1. The van der Waals surface area contributed by atoms with Crippen molar-refractivity contribution in [1.29, 1.82) is 0 Å². The van der Waals surface area contributed by atoms with Gasteiger partial charge in [-0.15, -0.1) is 0 Å². The highest BCUT2D eigenvalue weighted by Crippen LogP contribution is 2.36. The first-order valence-corrected chi connectivity index (χ1v) is 11.0. The third-order valence-electron chi connectivity index (χ3n) is 5.98. The van der Waals surface area contributed by atoms with Crippen molar-refractivity contribution >= 4 is 17.5 Å². The first-order valence-electron chi connectivity index (χ1n) is 11.0. The fraction of sp³-hybridized carbons (Fsp3) is 0.240. The molecule has 1 fully saturated rings. The summed E-state index contributed by atoms with van der Waals surface area (Å²) in [4.78, 5) is 39.4. The zero-order valence-electron chi connectivity index (χ0n) is 19.6. The molecule has 8 nitrogen and oxygen atoms in total. The van der Waals surface area contributed by atoms with Gasteiger partial charge in [-0.05, 0) is 30.3 Å². The lowest BCUT2D eigenvalue weighted by molar-refractivity contribution is -0.118. The number of halogens is 4. The van der Waals surface area contributed by atoms with Gasteiger partial charge in [-0.1, -0.05) is 0 Å². The van der Waals surface area contributed by atoms with Crippen LogP contribution in [0.1, 0.15) is 21.8 Å². The van der Waals surface area contributed by atoms with Gasteiger partial charge in [0.1, 0.15) is 29.2 Å². The zero-order chi connectivity index (χ0) is 26.9. The van der Waals surface area contributed by atoms with E-state index in [1.807, 2.05) is 0 Å². The molecule has 2 aromatic carbocycles. The van der Waals surface area contributed by atoms with Crippen LogP contribution in [0.2, 0.25) is 0 Å². The molecule has 4 rings (SSSR count). The lowest BCUT2D eigenvalue weighted by Gasteiger charge is -2.20. The third-order valence-corrected chi connectivity index (χ3v) is 5.98. The van der Waals surface area contributed by atoms with E-state index in [1.54, 1.807) is 0 Å². The van der Waals surface area contributed by atoms with E-state index < -0.39 is 47.6 Å². The molecule has 2 atom stereocenters. The highest BCUT2D eigenvalue weighted by atomic mass is 19.3. The Hall–Kier alpha value is -4.35. The highest BCUT2D eigenvalue weighted by Gasteiger charge is 2.45. The van der Waals surface area contributed by atoms with Crippen LogP contribution >= 0.6 is 0 Å². The average molecular weight is 519 g/mol. The van der Waals surface area contributed by atoms with E-state index in [0.717, 1.165) is 24.3 Å². The van der Waals surface area contributed by atoms with E-state index in [2.05, 4.69) is 10.1 Å². The molecular formula is C25H21F4N3O5. The van der Waals surface area contributed by atoms with Crippen molar-refractivity contribution in [3.8, 4) is 11.5 Å². The Bertz CT molecular complexity index is 1370. The monoisotopic (exact) mass is 519 g/mol. The summed E-state index contributed by atoms with van der Waals surface area (Å²) in [6, 6.07) is 7.89. The van der Waals surface area contributed by atoms with Gasteiger partial charge in [-0.25, -0.2) is 8.78 Å². The van der Waals surface area contributed by atoms with Crippen LogP contribution in [0.15, 0.2) is 59.5 Å². The molecule has 0 aliphatic carbocycles. The Balaban J connectivity index is 1.70. The van der Waals surface area contributed by atoms with Crippen LogP contribution in [0.3, 0.4) is 0 Å². The summed E-state index contributed by atoms with van der Waals surface area (Å²) in [6.07, 6.45) is 1.39. The number of nitrogens with one attached hydrogen (secondary N) is 1. The van der Waals surface area contributed by atoms with Gasteiger partial charge >= 0.3 is 6.61 Å². The van der Waals surface area contributed by atoms with Gasteiger partial charge in [-0.3, -0.25) is 14.4 Å². The standard InChI is InChI=1S/C25H21F4N3O5/c1-31-11-14(5-8-20(31)33)32-12-17(21-18(26)9-16(36-2)10-19(21)27)22(24(32)35)30-23(34)13-3-6-15(7-4-13)37-25(28)29/h3-11,17,22,25H,12H2,1-2H3,(H,30,34)/t17?,22-/m0/s1. The van der Waals surface area contributed by atoms with Gasteiger partial charge in [0.2, 0.25) is 11.5 Å². The van der Waals surface area contributed by atoms with Gasteiger partial charge in [0.25, 0.3) is 5.91 Å². The van der Waals surface area contributed by atoms with Crippen molar-refractivity contribution in [2.24, 2.45) is 7.05 Å². The van der Waals surface area contributed by atoms with Crippen molar-refractivity contribution in [3.05, 3.63) is 87.8 Å². The molecule has 1 aliphatic heterocycles. The molecule has 1 saturated heterocycles. The summed E-state index contributed by atoms with van der Waals surface area (Å²) in [5.41, 5.74) is -0.461. The van der Waals surface area contributed by atoms with Crippen LogP contribution in [-0.4, -0.2) is 42.7 Å². The Morgan fingerprint density at radius 3 is 2.24 bits per heavy atom. The summed E-state index contributed by atoms with van der Waals surface area (Å²) in [5, 5.41) is 2.51. The Morgan fingerprint density at radius 1 is 1.03 bits per heavy atom. The van der Waals surface area contributed by atoms with Crippen LogP contribution < -0.4 is 25.2 Å². The molecule has 3 aromatic rings. The summed E-state index contributed by atoms with van der Waals surface area (Å²) in [7, 11) is 2.72. The summed E-state index contributed by atoms with van der Waals surface area (Å²) >= 11 is 0. The molecule has 1 aliphatic rings. The van der Waals surface area contributed by atoms with E-state index in [0.29, 0.717) is 0 Å². The number of carbonyl (C=O) groups excluding carboxylic acids is 2. The largest absolute Gasteiger partial charge is 0.497 e. The van der Waals surface area contributed by atoms with Gasteiger partial charge in [0, 0.05) is 55.0 Å². The normalized spacial score (nSPS) is 17.3. The Kier molecular flexibility index (Phi) is 7.18. The molecule has 0 spiro atoms. The molecular weight excluding hydrogens is 498 g/mol. The summed E-state index contributed by atoms with van der Waals surface area (Å²) in [6.45, 7) is -3.25. The fourth-order valence-corrected chi connectivity index (χ4v) is 4.17. The van der Waals surface area contributed by atoms with Crippen molar-refractivity contribution in [3.63, 3.8) is 0 Å². The van der Waals surface area contributed by atoms with Crippen LogP contribution in [0, 0.1) is 11.6 Å². The van der Waals surface area contributed by atoms with Gasteiger partial charge in [0.15, 0.2) is 0 Å². The van der Waals surface area contributed by atoms with E-state index >= 15 is 8.78 Å². The van der Waals surface area contributed by atoms with Crippen molar-refractivity contribution in [2.45, 2.75) is 18.6 Å². The van der Waals surface area contributed by atoms with Crippen molar-refractivity contribution in [1.82, 2.24) is 9.88 Å². The molecule has 37 heavy (non-hydrogen) atoms. The lowest BCUT2D eigenvalue weighted by atomic mass is 9.92. The van der Waals surface area contributed by atoms with Gasteiger partial charge < -0.3 is 24.3 Å². The van der Waals surface area contributed by atoms with E-state index in [-0.39, 0.29) is 34.9 Å². The second-order valence-corrected chi connectivity index (χ2v) is 8.25. The number of rotatable bonds is 7. The molecule has 0 bridgehead atoms. The smallest absolute Gasteiger partial charge is 0.387 e. The first kappa shape index (κ1) is 25.7. The number of amides is 2. The van der Waals surface area contributed by atoms with Crippen LogP contribution in [0.4, 0.5) is 23.2 Å². The minimum absolute atomic E-state index is 0.00407. The number of pyridine rings is 1. The number of alkyl halides is 2. The maximum Gasteiger partial charge on any atom is 0.387 e. The second-order valence-electron chi connectivity index (χ2n) is 8.25. The number of methoxy groups -OCH3 is 1.